The number of benzene rings is 3. The van der Waals surface area contributed by atoms with Crippen LogP contribution in [0, 0.1) is 17.0 Å². The molecule has 0 saturated heterocycles. The Balaban J connectivity index is 1.82. The van der Waals surface area contributed by atoms with Crippen LogP contribution >= 0.6 is 11.8 Å². The highest BCUT2D eigenvalue weighted by Gasteiger charge is 2.15. The molecule has 0 radical (unpaired) electrons. The van der Waals surface area contributed by atoms with Crippen LogP contribution in [0.25, 0.3) is 16.6 Å². The standard InChI is InChI=1S/C22H17N3O3S/c1-15-7-2-5-12-20(15)24-21(26)18-10-3-4-11-19(18)23-22(24)29-14-16-8-6-9-17(13-16)25(27)28/h2-13H,14H2,1H3. The fourth-order valence-corrected chi connectivity index (χ4v) is 4.09. The summed E-state index contributed by atoms with van der Waals surface area (Å²) in [6, 6.07) is 21.4. The van der Waals surface area contributed by atoms with Gasteiger partial charge >= 0.3 is 0 Å². The lowest BCUT2D eigenvalue weighted by Crippen LogP contribution is -2.22. The van der Waals surface area contributed by atoms with Crippen molar-refractivity contribution >= 4 is 28.4 Å². The fraction of sp³-hybridized carbons (Fsp3) is 0.0909. The Morgan fingerprint density at radius 1 is 1.03 bits per heavy atom. The Labute approximate surface area is 171 Å². The fourth-order valence-electron chi connectivity index (χ4n) is 3.14. The predicted octanol–water partition coefficient (Wildman–Crippen LogP) is 4.89. The van der Waals surface area contributed by atoms with Gasteiger partial charge in [-0.15, -0.1) is 0 Å². The second-order valence-corrected chi connectivity index (χ2v) is 7.50. The first-order chi connectivity index (χ1) is 14.0. The molecule has 1 aromatic heterocycles. The van der Waals surface area contributed by atoms with Crippen molar-refractivity contribution in [1.82, 2.24) is 9.55 Å². The third-order valence-corrected chi connectivity index (χ3v) is 5.60. The zero-order valence-corrected chi connectivity index (χ0v) is 16.4. The predicted molar refractivity (Wildman–Crippen MR) is 115 cm³/mol. The van der Waals surface area contributed by atoms with Gasteiger partial charge < -0.3 is 0 Å². The van der Waals surface area contributed by atoms with Gasteiger partial charge in [0.2, 0.25) is 0 Å². The molecule has 1 heterocycles. The molecular weight excluding hydrogens is 386 g/mol. The highest BCUT2D eigenvalue weighted by Crippen LogP contribution is 2.27. The van der Waals surface area contributed by atoms with Crippen molar-refractivity contribution in [3.63, 3.8) is 0 Å². The number of nitro benzene ring substituents is 1. The zero-order valence-electron chi connectivity index (χ0n) is 15.6. The summed E-state index contributed by atoms with van der Waals surface area (Å²) < 4.78 is 1.62. The normalized spacial score (nSPS) is 10.9. The van der Waals surface area contributed by atoms with Gasteiger partial charge in [0.25, 0.3) is 11.2 Å². The molecule has 144 valence electrons. The third-order valence-electron chi connectivity index (χ3n) is 4.59. The van der Waals surface area contributed by atoms with Gasteiger partial charge in [-0.1, -0.05) is 54.2 Å². The summed E-state index contributed by atoms with van der Waals surface area (Å²) in [6.07, 6.45) is 0. The van der Waals surface area contributed by atoms with E-state index in [4.69, 9.17) is 4.98 Å². The Bertz CT molecular complexity index is 1280. The number of hydrogen-bond acceptors (Lipinski definition) is 5. The van der Waals surface area contributed by atoms with E-state index in [-0.39, 0.29) is 11.2 Å². The minimum atomic E-state index is -0.411. The molecule has 0 unspecified atom stereocenters. The van der Waals surface area contributed by atoms with Gasteiger partial charge in [0.05, 0.1) is 21.5 Å². The molecule has 0 aliphatic heterocycles. The molecule has 0 fully saturated rings. The van der Waals surface area contributed by atoms with Gasteiger partial charge in [0, 0.05) is 17.9 Å². The highest BCUT2D eigenvalue weighted by molar-refractivity contribution is 7.98. The molecule has 0 aliphatic rings. The van der Waals surface area contributed by atoms with Crippen molar-refractivity contribution in [2.75, 3.05) is 0 Å². The van der Waals surface area contributed by atoms with Gasteiger partial charge in [-0.3, -0.25) is 19.5 Å². The molecule has 0 atom stereocenters. The Morgan fingerprint density at radius 3 is 2.59 bits per heavy atom. The number of non-ortho nitro benzene ring substituents is 1. The Kier molecular flexibility index (Phi) is 5.14. The summed E-state index contributed by atoms with van der Waals surface area (Å²) in [7, 11) is 0. The van der Waals surface area contributed by atoms with E-state index in [0.29, 0.717) is 21.8 Å². The van der Waals surface area contributed by atoms with Crippen LogP contribution in [0.5, 0.6) is 0 Å². The topological polar surface area (TPSA) is 78.0 Å². The van der Waals surface area contributed by atoms with Crippen LogP contribution < -0.4 is 5.56 Å². The van der Waals surface area contributed by atoms with Crippen LogP contribution in [-0.4, -0.2) is 14.5 Å². The quantitative estimate of drug-likeness (QED) is 0.205. The van der Waals surface area contributed by atoms with Crippen molar-refractivity contribution in [2.45, 2.75) is 17.8 Å². The minimum Gasteiger partial charge on any atom is -0.268 e. The summed E-state index contributed by atoms with van der Waals surface area (Å²) in [5.41, 5.74) is 3.07. The Hall–Kier alpha value is -3.45. The molecule has 6 nitrogen and oxygen atoms in total. The van der Waals surface area contributed by atoms with E-state index in [1.54, 1.807) is 22.8 Å². The van der Waals surface area contributed by atoms with Gasteiger partial charge in [-0.2, -0.15) is 0 Å². The van der Waals surface area contributed by atoms with Crippen LogP contribution in [0.3, 0.4) is 0 Å². The number of para-hydroxylation sites is 2. The minimum absolute atomic E-state index is 0.0471. The van der Waals surface area contributed by atoms with E-state index in [1.807, 2.05) is 55.5 Å². The lowest BCUT2D eigenvalue weighted by molar-refractivity contribution is -0.384. The SMILES string of the molecule is Cc1ccccc1-n1c(SCc2cccc([N+](=O)[O-])c2)nc2ccccc2c1=O. The summed E-state index contributed by atoms with van der Waals surface area (Å²) in [5.74, 6) is 0.457. The van der Waals surface area contributed by atoms with E-state index < -0.39 is 4.92 Å². The smallest absolute Gasteiger partial charge is 0.268 e. The number of rotatable bonds is 5. The van der Waals surface area contributed by atoms with Crippen molar-refractivity contribution in [3.05, 3.63) is 104 Å². The second kappa shape index (κ2) is 7.89. The summed E-state index contributed by atoms with van der Waals surface area (Å²) in [6.45, 7) is 1.95. The first kappa shape index (κ1) is 18.9. The van der Waals surface area contributed by atoms with E-state index in [2.05, 4.69) is 0 Å². The number of aromatic nitrogens is 2. The highest BCUT2D eigenvalue weighted by atomic mass is 32.2. The average molecular weight is 403 g/mol. The number of nitrogens with zero attached hydrogens (tertiary/aromatic N) is 3. The summed E-state index contributed by atoms with van der Waals surface area (Å²) in [4.78, 5) is 28.6. The van der Waals surface area contributed by atoms with Crippen LogP contribution in [0.4, 0.5) is 5.69 Å². The second-order valence-electron chi connectivity index (χ2n) is 6.55. The third kappa shape index (κ3) is 3.77. The van der Waals surface area contributed by atoms with Gasteiger partial charge in [0.15, 0.2) is 5.16 Å². The van der Waals surface area contributed by atoms with Crippen LogP contribution in [0.15, 0.2) is 82.7 Å². The number of fused-ring (bicyclic) bond motifs is 1. The van der Waals surface area contributed by atoms with E-state index in [1.165, 1.54) is 17.8 Å². The molecule has 0 N–H and O–H groups in total. The van der Waals surface area contributed by atoms with Crippen molar-refractivity contribution < 1.29 is 4.92 Å². The maximum atomic E-state index is 13.3. The summed E-state index contributed by atoms with van der Waals surface area (Å²) in [5, 5.41) is 12.1. The molecular formula is C22H17N3O3S. The summed E-state index contributed by atoms with van der Waals surface area (Å²) >= 11 is 1.38. The lowest BCUT2D eigenvalue weighted by atomic mass is 10.2. The molecule has 0 amide bonds. The zero-order chi connectivity index (χ0) is 20.4. The maximum Gasteiger partial charge on any atom is 0.269 e. The number of thioether (sulfide) groups is 1. The average Bonchev–Trinajstić information content (AvgIpc) is 2.73. The first-order valence-electron chi connectivity index (χ1n) is 8.98. The number of hydrogen-bond donors (Lipinski definition) is 0. The maximum absolute atomic E-state index is 13.3. The largest absolute Gasteiger partial charge is 0.269 e. The van der Waals surface area contributed by atoms with E-state index >= 15 is 0 Å². The molecule has 0 saturated carbocycles. The molecule has 4 rings (SSSR count). The molecule has 4 aromatic rings. The number of nitro groups is 1. The van der Waals surface area contributed by atoms with E-state index in [0.717, 1.165) is 16.8 Å². The molecule has 0 spiro atoms. The number of aryl methyl sites for hydroxylation is 1. The van der Waals surface area contributed by atoms with Crippen LogP contribution in [-0.2, 0) is 5.75 Å². The first-order valence-corrected chi connectivity index (χ1v) is 9.97. The van der Waals surface area contributed by atoms with Gasteiger partial charge in [-0.25, -0.2) is 4.98 Å². The molecule has 0 bridgehead atoms. The molecule has 0 aliphatic carbocycles. The van der Waals surface area contributed by atoms with Crippen LogP contribution in [0.2, 0.25) is 0 Å². The Morgan fingerprint density at radius 2 is 1.79 bits per heavy atom. The molecule has 29 heavy (non-hydrogen) atoms. The van der Waals surface area contributed by atoms with Crippen molar-refractivity contribution in [3.8, 4) is 5.69 Å². The lowest BCUT2D eigenvalue weighted by Gasteiger charge is -2.15. The van der Waals surface area contributed by atoms with Gasteiger partial charge in [0.1, 0.15) is 0 Å². The van der Waals surface area contributed by atoms with Gasteiger partial charge in [-0.05, 0) is 36.2 Å². The van der Waals surface area contributed by atoms with Crippen LogP contribution in [0.1, 0.15) is 11.1 Å². The molecule has 3 aromatic carbocycles. The van der Waals surface area contributed by atoms with Crippen molar-refractivity contribution in [1.29, 1.82) is 0 Å². The monoisotopic (exact) mass is 403 g/mol. The van der Waals surface area contributed by atoms with E-state index in [9.17, 15) is 14.9 Å². The van der Waals surface area contributed by atoms with Crippen molar-refractivity contribution in [2.24, 2.45) is 0 Å². The molecule has 7 heteroatoms.